The van der Waals surface area contributed by atoms with Crippen LogP contribution in [0.1, 0.15) is 25.7 Å². The Morgan fingerprint density at radius 3 is 2.56 bits per heavy atom. The summed E-state index contributed by atoms with van der Waals surface area (Å²) in [6, 6.07) is 11.2. The highest BCUT2D eigenvalue weighted by atomic mass is 35.5. The normalized spacial score (nSPS) is 18.2. The molecule has 0 unspecified atom stereocenters. The minimum Gasteiger partial charge on any atom is -0.325 e. The molecule has 27 heavy (non-hydrogen) atoms. The molecule has 2 aromatic rings. The molecule has 0 aromatic heterocycles. The second kappa shape index (κ2) is 8.37. The first kappa shape index (κ1) is 19.8. The lowest BCUT2D eigenvalue weighted by Crippen LogP contribution is -2.45. The smallest absolute Gasteiger partial charge is 0.243 e. The topological polar surface area (TPSA) is 66.5 Å². The summed E-state index contributed by atoms with van der Waals surface area (Å²) in [6.45, 7) is 0.337. The van der Waals surface area contributed by atoms with Crippen LogP contribution in [0.25, 0.3) is 0 Å². The second-order valence-corrected chi connectivity index (χ2v) is 8.75. The average molecular weight is 411 g/mol. The number of nitrogens with zero attached hydrogens (tertiary/aromatic N) is 1. The molecule has 2 aromatic carbocycles. The second-order valence-electron chi connectivity index (χ2n) is 6.45. The lowest BCUT2D eigenvalue weighted by atomic mass is 10.0. The maximum absolute atomic E-state index is 13.1. The summed E-state index contributed by atoms with van der Waals surface area (Å²) in [5.74, 6) is -0.794. The van der Waals surface area contributed by atoms with Crippen molar-refractivity contribution in [3.8, 4) is 0 Å². The van der Waals surface area contributed by atoms with E-state index in [1.165, 1.54) is 16.4 Å². The van der Waals surface area contributed by atoms with Crippen LogP contribution in [0.2, 0.25) is 5.02 Å². The van der Waals surface area contributed by atoms with Crippen LogP contribution in [0.5, 0.6) is 0 Å². The molecule has 0 spiro atoms. The van der Waals surface area contributed by atoms with Gasteiger partial charge >= 0.3 is 0 Å². The highest BCUT2D eigenvalue weighted by Crippen LogP contribution is 2.28. The predicted molar refractivity (Wildman–Crippen MR) is 103 cm³/mol. The molecule has 144 valence electrons. The maximum Gasteiger partial charge on any atom is 0.243 e. The third-order valence-corrected chi connectivity index (χ3v) is 6.86. The van der Waals surface area contributed by atoms with Crippen LogP contribution < -0.4 is 5.32 Å². The number of carbonyl (C=O) groups is 1. The fourth-order valence-electron chi connectivity index (χ4n) is 3.21. The zero-order chi connectivity index (χ0) is 19.4. The van der Waals surface area contributed by atoms with Gasteiger partial charge in [0.15, 0.2) is 0 Å². The molecule has 1 N–H and O–H groups in total. The van der Waals surface area contributed by atoms with E-state index in [1.807, 2.05) is 0 Å². The molecule has 5 nitrogen and oxygen atoms in total. The first-order valence-corrected chi connectivity index (χ1v) is 10.5. The molecule has 1 aliphatic rings. The Labute approximate surface area is 163 Å². The number of carbonyl (C=O) groups excluding carboxylic acids is 1. The summed E-state index contributed by atoms with van der Waals surface area (Å²) in [4.78, 5) is 12.5. The van der Waals surface area contributed by atoms with E-state index in [-0.39, 0.29) is 17.2 Å². The molecular weight excluding hydrogens is 391 g/mol. The van der Waals surface area contributed by atoms with Gasteiger partial charge < -0.3 is 5.32 Å². The van der Waals surface area contributed by atoms with Crippen LogP contribution in [0.3, 0.4) is 0 Å². The first-order chi connectivity index (χ1) is 12.9. The van der Waals surface area contributed by atoms with Gasteiger partial charge in [0.25, 0.3) is 0 Å². The fourth-order valence-corrected chi connectivity index (χ4v) is 5.09. The zero-order valence-corrected chi connectivity index (χ0v) is 16.1. The molecule has 0 saturated carbocycles. The van der Waals surface area contributed by atoms with Crippen molar-refractivity contribution < 1.29 is 17.6 Å². The monoisotopic (exact) mass is 410 g/mol. The number of piperidine rings is 1. The molecular formula is C19H20ClFN2O3S. The number of sulfonamides is 1. The number of anilines is 1. The molecule has 1 atom stereocenters. The summed E-state index contributed by atoms with van der Waals surface area (Å²) in [5, 5.41) is 3.16. The minimum atomic E-state index is -3.79. The minimum absolute atomic E-state index is 0.0299. The van der Waals surface area contributed by atoms with Gasteiger partial charge in [-0.05, 0) is 49.2 Å². The number of halogens is 2. The third-order valence-electron chi connectivity index (χ3n) is 4.56. The first-order valence-electron chi connectivity index (χ1n) is 8.70. The molecule has 3 rings (SSSR count). The average Bonchev–Trinajstić information content (AvgIpc) is 2.64. The Morgan fingerprint density at radius 2 is 1.85 bits per heavy atom. The number of hydrogen-bond donors (Lipinski definition) is 1. The van der Waals surface area contributed by atoms with Crippen LogP contribution in [0, 0.1) is 5.82 Å². The van der Waals surface area contributed by atoms with Crippen molar-refractivity contribution in [2.75, 3.05) is 11.9 Å². The van der Waals surface area contributed by atoms with E-state index in [9.17, 15) is 17.6 Å². The Morgan fingerprint density at radius 1 is 1.15 bits per heavy atom. The Hall–Kier alpha value is -1.96. The molecule has 0 radical (unpaired) electrons. The number of para-hydroxylation sites is 1. The molecule has 1 amide bonds. The van der Waals surface area contributed by atoms with Crippen molar-refractivity contribution in [2.24, 2.45) is 0 Å². The molecule has 8 heteroatoms. The lowest BCUT2D eigenvalue weighted by Gasteiger charge is -2.34. The molecule has 1 fully saturated rings. The van der Waals surface area contributed by atoms with Crippen molar-refractivity contribution in [3.05, 3.63) is 59.4 Å². The van der Waals surface area contributed by atoms with Crippen LogP contribution in [0.15, 0.2) is 53.4 Å². The SMILES string of the molecule is O=C(C[C@@H]1CCCCN1S(=O)(=O)c1ccc(F)cc1)Nc1ccccc1Cl. The van der Waals surface area contributed by atoms with Crippen molar-refractivity contribution in [3.63, 3.8) is 0 Å². The van der Waals surface area contributed by atoms with E-state index in [0.29, 0.717) is 23.7 Å². The number of amides is 1. The van der Waals surface area contributed by atoms with E-state index in [4.69, 9.17) is 11.6 Å². The largest absolute Gasteiger partial charge is 0.325 e. The van der Waals surface area contributed by atoms with E-state index < -0.39 is 21.9 Å². The maximum atomic E-state index is 13.1. The van der Waals surface area contributed by atoms with Gasteiger partial charge in [0.05, 0.1) is 15.6 Å². The van der Waals surface area contributed by atoms with E-state index in [1.54, 1.807) is 24.3 Å². The fraction of sp³-hybridized carbons (Fsp3) is 0.316. The van der Waals surface area contributed by atoms with Gasteiger partial charge in [0.2, 0.25) is 15.9 Å². The summed E-state index contributed by atoms with van der Waals surface area (Å²) < 4.78 is 40.4. The summed E-state index contributed by atoms with van der Waals surface area (Å²) >= 11 is 6.05. The molecule has 0 bridgehead atoms. The molecule has 0 aliphatic carbocycles. The standard InChI is InChI=1S/C19H20ClFN2O3S/c20-17-6-1-2-7-18(17)22-19(24)13-15-5-3-4-12-23(15)27(25,26)16-10-8-14(21)9-11-16/h1-2,6-11,15H,3-5,12-13H2,(H,22,24)/t15-/m0/s1. The van der Waals surface area contributed by atoms with Gasteiger partial charge in [-0.25, -0.2) is 12.8 Å². The van der Waals surface area contributed by atoms with Gasteiger partial charge in [0, 0.05) is 19.0 Å². The molecule has 1 aliphatic heterocycles. The Bertz CT molecular complexity index is 919. The van der Waals surface area contributed by atoms with Crippen molar-refractivity contribution in [1.29, 1.82) is 0 Å². The summed E-state index contributed by atoms with van der Waals surface area (Å²) in [7, 11) is -3.79. The van der Waals surface area contributed by atoms with Gasteiger partial charge in [-0.3, -0.25) is 4.79 Å². The number of rotatable bonds is 5. The van der Waals surface area contributed by atoms with Gasteiger partial charge in [0.1, 0.15) is 5.82 Å². The highest BCUT2D eigenvalue weighted by Gasteiger charge is 2.34. The van der Waals surface area contributed by atoms with Crippen LogP contribution in [-0.2, 0) is 14.8 Å². The van der Waals surface area contributed by atoms with Gasteiger partial charge in [-0.15, -0.1) is 0 Å². The highest BCUT2D eigenvalue weighted by molar-refractivity contribution is 7.89. The van der Waals surface area contributed by atoms with Gasteiger partial charge in [-0.1, -0.05) is 30.2 Å². The quantitative estimate of drug-likeness (QED) is 0.808. The van der Waals surface area contributed by atoms with Crippen molar-refractivity contribution in [1.82, 2.24) is 4.31 Å². The third kappa shape index (κ3) is 4.66. The van der Waals surface area contributed by atoms with E-state index in [2.05, 4.69) is 5.32 Å². The van der Waals surface area contributed by atoms with E-state index >= 15 is 0 Å². The van der Waals surface area contributed by atoms with Crippen molar-refractivity contribution in [2.45, 2.75) is 36.6 Å². The van der Waals surface area contributed by atoms with Crippen molar-refractivity contribution >= 4 is 33.2 Å². The lowest BCUT2D eigenvalue weighted by molar-refractivity contribution is -0.117. The van der Waals surface area contributed by atoms with E-state index in [0.717, 1.165) is 25.0 Å². The predicted octanol–water partition coefficient (Wildman–Crippen LogP) is 4.05. The summed E-state index contributed by atoms with van der Waals surface area (Å²) in [5.41, 5.74) is 0.493. The summed E-state index contributed by atoms with van der Waals surface area (Å²) in [6.07, 6.45) is 2.20. The zero-order valence-electron chi connectivity index (χ0n) is 14.6. The molecule has 1 heterocycles. The molecule has 1 saturated heterocycles. The Kier molecular flexibility index (Phi) is 6.14. The van der Waals surface area contributed by atoms with Crippen LogP contribution in [0.4, 0.5) is 10.1 Å². The number of hydrogen-bond acceptors (Lipinski definition) is 3. The van der Waals surface area contributed by atoms with Crippen LogP contribution in [-0.4, -0.2) is 31.2 Å². The van der Waals surface area contributed by atoms with Gasteiger partial charge in [-0.2, -0.15) is 4.31 Å². The number of benzene rings is 2. The van der Waals surface area contributed by atoms with Crippen LogP contribution >= 0.6 is 11.6 Å². The Balaban J connectivity index is 1.76. The number of nitrogens with one attached hydrogen (secondary N) is 1.